The molecular weight excluding hydrogens is 140 g/mol. The van der Waals surface area contributed by atoms with Crippen LogP contribution < -0.4 is 0 Å². The Morgan fingerprint density at radius 3 is 2.55 bits per heavy atom. The van der Waals surface area contributed by atoms with Crippen molar-refractivity contribution in [1.29, 1.82) is 0 Å². The molecule has 0 aromatic rings. The molecule has 0 aromatic carbocycles. The van der Waals surface area contributed by atoms with Gasteiger partial charge in [-0.3, -0.25) is 4.79 Å². The van der Waals surface area contributed by atoms with E-state index in [1.807, 2.05) is 20.8 Å². The zero-order valence-electron chi connectivity index (χ0n) is 7.05. The van der Waals surface area contributed by atoms with Crippen LogP contribution in [0.15, 0.2) is 23.5 Å². The van der Waals surface area contributed by atoms with Crippen molar-refractivity contribution < 1.29 is 9.53 Å². The van der Waals surface area contributed by atoms with Gasteiger partial charge < -0.3 is 4.74 Å². The summed E-state index contributed by atoms with van der Waals surface area (Å²) in [5.74, 6) is 0.848. The third-order valence-electron chi connectivity index (χ3n) is 1.74. The van der Waals surface area contributed by atoms with Gasteiger partial charge in [0.2, 0.25) is 0 Å². The van der Waals surface area contributed by atoms with E-state index in [1.165, 1.54) is 0 Å². The zero-order valence-corrected chi connectivity index (χ0v) is 7.05. The number of allylic oxidation sites excluding steroid dienone is 3. The van der Waals surface area contributed by atoms with Crippen molar-refractivity contribution in [3.8, 4) is 0 Å². The molecule has 0 aliphatic carbocycles. The average Bonchev–Trinajstić information content (AvgIpc) is 1.85. The highest BCUT2D eigenvalue weighted by molar-refractivity contribution is 5.77. The van der Waals surface area contributed by atoms with Crippen molar-refractivity contribution in [3.63, 3.8) is 0 Å². The van der Waals surface area contributed by atoms with E-state index in [0.29, 0.717) is 5.57 Å². The molecule has 0 spiro atoms. The van der Waals surface area contributed by atoms with Gasteiger partial charge in [0, 0.05) is 5.57 Å². The van der Waals surface area contributed by atoms with Gasteiger partial charge in [-0.15, -0.1) is 0 Å². The lowest BCUT2D eigenvalue weighted by Gasteiger charge is -2.29. The maximum atomic E-state index is 10.5. The molecule has 2 nitrogen and oxygen atoms in total. The fourth-order valence-electron chi connectivity index (χ4n) is 1.08. The lowest BCUT2D eigenvalue weighted by Crippen LogP contribution is -2.29. The number of ether oxygens (including phenoxy) is 1. The molecule has 0 atom stereocenters. The highest BCUT2D eigenvalue weighted by Gasteiger charge is 2.26. The minimum Gasteiger partial charge on any atom is -0.488 e. The Labute approximate surface area is 66.5 Å². The smallest absolute Gasteiger partial charge is 0.150 e. The first-order valence-corrected chi connectivity index (χ1v) is 3.59. The van der Waals surface area contributed by atoms with E-state index < -0.39 is 5.60 Å². The standard InChI is InChI=1S/C9H12O2/c1-7-4-5-8(6-10)9(2,3)11-7/h4-6H,1-3H3. The van der Waals surface area contributed by atoms with E-state index in [4.69, 9.17) is 4.74 Å². The molecular formula is C9H12O2. The van der Waals surface area contributed by atoms with Gasteiger partial charge in [-0.2, -0.15) is 0 Å². The van der Waals surface area contributed by atoms with Gasteiger partial charge in [-0.1, -0.05) is 0 Å². The molecule has 0 fully saturated rings. The number of rotatable bonds is 1. The molecule has 0 amide bonds. The summed E-state index contributed by atoms with van der Waals surface area (Å²) in [5, 5.41) is 0. The molecule has 60 valence electrons. The Morgan fingerprint density at radius 1 is 1.45 bits per heavy atom. The maximum Gasteiger partial charge on any atom is 0.150 e. The van der Waals surface area contributed by atoms with Crippen molar-refractivity contribution in [2.75, 3.05) is 0 Å². The Kier molecular flexibility index (Phi) is 1.85. The second kappa shape index (κ2) is 2.53. The van der Waals surface area contributed by atoms with E-state index >= 15 is 0 Å². The van der Waals surface area contributed by atoms with E-state index in [-0.39, 0.29) is 0 Å². The molecule has 2 heteroatoms. The topological polar surface area (TPSA) is 26.3 Å². The average molecular weight is 152 g/mol. The number of aldehydes is 1. The van der Waals surface area contributed by atoms with Gasteiger partial charge in [0.25, 0.3) is 0 Å². The lowest BCUT2D eigenvalue weighted by molar-refractivity contribution is -0.106. The Morgan fingerprint density at radius 2 is 2.09 bits per heavy atom. The van der Waals surface area contributed by atoms with Crippen molar-refractivity contribution in [2.45, 2.75) is 26.4 Å². The van der Waals surface area contributed by atoms with Crippen LogP contribution in [0.25, 0.3) is 0 Å². The van der Waals surface area contributed by atoms with E-state index in [1.54, 1.807) is 12.2 Å². The first-order chi connectivity index (χ1) is 5.06. The van der Waals surface area contributed by atoms with Crippen LogP contribution in [0.1, 0.15) is 20.8 Å². The molecule has 1 heterocycles. The summed E-state index contributed by atoms with van der Waals surface area (Å²) in [6.07, 6.45) is 4.43. The van der Waals surface area contributed by atoms with Crippen LogP contribution in [0, 0.1) is 0 Å². The molecule has 0 unspecified atom stereocenters. The van der Waals surface area contributed by atoms with Gasteiger partial charge >= 0.3 is 0 Å². The zero-order chi connectivity index (χ0) is 8.48. The summed E-state index contributed by atoms with van der Waals surface area (Å²) in [4.78, 5) is 10.5. The molecule has 0 saturated carbocycles. The monoisotopic (exact) mass is 152 g/mol. The third kappa shape index (κ3) is 1.50. The third-order valence-corrected chi connectivity index (χ3v) is 1.74. The Bertz CT molecular complexity index is 234. The molecule has 0 aromatic heterocycles. The highest BCUT2D eigenvalue weighted by atomic mass is 16.5. The molecule has 11 heavy (non-hydrogen) atoms. The van der Waals surface area contributed by atoms with E-state index in [9.17, 15) is 4.79 Å². The summed E-state index contributed by atoms with van der Waals surface area (Å²) in [6.45, 7) is 5.63. The number of carbonyl (C=O) groups is 1. The fourth-order valence-corrected chi connectivity index (χ4v) is 1.08. The van der Waals surface area contributed by atoms with Crippen LogP contribution >= 0.6 is 0 Å². The van der Waals surface area contributed by atoms with Crippen LogP contribution in [0.2, 0.25) is 0 Å². The lowest BCUT2D eigenvalue weighted by atomic mass is 9.97. The van der Waals surface area contributed by atoms with Gasteiger partial charge in [0.1, 0.15) is 11.9 Å². The second-order valence-corrected chi connectivity index (χ2v) is 3.13. The van der Waals surface area contributed by atoms with Gasteiger partial charge in [-0.05, 0) is 32.9 Å². The van der Waals surface area contributed by atoms with Crippen LogP contribution in [0.4, 0.5) is 0 Å². The maximum absolute atomic E-state index is 10.5. The molecule has 0 bridgehead atoms. The largest absolute Gasteiger partial charge is 0.488 e. The summed E-state index contributed by atoms with van der Waals surface area (Å²) in [5.41, 5.74) is 0.226. The summed E-state index contributed by atoms with van der Waals surface area (Å²) in [7, 11) is 0. The predicted octanol–water partition coefficient (Wildman–Crippen LogP) is 1.82. The number of hydrogen-bond acceptors (Lipinski definition) is 2. The number of hydrogen-bond donors (Lipinski definition) is 0. The van der Waals surface area contributed by atoms with Gasteiger partial charge in [-0.25, -0.2) is 0 Å². The van der Waals surface area contributed by atoms with Crippen molar-refractivity contribution >= 4 is 6.29 Å². The van der Waals surface area contributed by atoms with Crippen LogP contribution in [0.5, 0.6) is 0 Å². The minimum absolute atomic E-state index is 0.458. The molecule has 0 saturated heterocycles. The summed E-state index contributed by atoms with van der Waals surface area (Å²) in [6, 6.07) is 0. The normalized spacial score (nSPS) is 21.4. The van der Waals surface area contributed by atoms with Crippen LogP contribution in [0.3, 0.4) is 0 Å². The van der Waals surface area contributed by atoms with Crippen LogP contribution in [-0.4, -0.2) is 11.9 Å². The van der Waals surface area contributed by atoms with Gasteiger partial charge in [0.15, 0.2) is 0 Å². The highest BCUT2D eigenvalue weighted by Crippen LogP contribution is 2.26. The van der Waals surface area contributed by atoms with Gasteiger partial charge in [0.05, 0.1) is 5.76 Å². The number of carbonyl (C=O) groups excluding carboxylic acids is 1. The fraction of sp³-hybridized carbons (Fsp3) is 0.444. The van der Waals surface area contributed by atoms with E-state index in [0.717, 1.165) is 12.0 Å². The SMILES string of the molecule is CC1=CC=C(C=O)C(C)(C)O1. The van der Waals surface area contributed by atoms with Crippen molar-refractivity contribution in [3.05, 3.63) is 23.5 Å². The summed E-state index contributed by atoms with van der Waals surface area (Å²) >= 11 is 0. The second-order valence-electron chi connectivity index (χ2n) is 3.13. The first kappa shape index (κ1) is 8.05. The van der Waals surface area contributed by atoms with Crippen molar-refractivity contribution in [1.82, 2.24) is 0 Å². The van der Waals surface area contributed by atoms with Crippen LogP contribution in [-0.2, 0) is 9.53 Å². The Balaban J connectivity index is 2.98. The summed E-state index contributed by atoms with van der Waals surface area (Å²) < 4.78 is 5.44. The first-order valence-electron chi connectivity index (χ1n) is 3.59. The molecule has 0 radical (unpaired) electrons. The molecule has 1 rings (SSSR count). The van der Waals surface area contributed by atoms with Crippen molar-refractivity contribution in [2.24, 2.45) is 0 Å². The molecule has 1 aliphatic rings. The Hall–Kier alpha value is -1.05. The minimum atomic E-state index is -0.458. The quantitative estimate of drug-likeness (QED) is 0.536. The molecule has 0 N–H and O–H groups in total. The predicted molar refractivity (Wildman–Crippen MR) is 43.1 cm³/mol. The van der Waals surface area contributed by atoms with E-state index in [2.05, 4.69) is 0 Å². The molecule has 1 aliphatic heterocycles.